The summed E-state index contributed by atoms with van der Waals surface area (Å²) in [5.41, 5.74) is 2.80. The number of rotatable bonds is 8. The Hall–Kier alpha value is -3.22. The van der Waals surface area contributed by atoms with Crippen molar-refractivity contribution in [1.29, 1.82) is 0 Å². The molecular formula is C26H26F3N3O4S2. The molecular weight excluding hydrogens is 539 g/mol. The number of nitrogens with one attached hydrogen (secondary N) is 3. The van der Waals surface area contributed by atoms with Gasteiger partial charge in [0, 0.05) is 33.2 Å². The van der Waals surface area contributed by atoms with Crippen LogP contribution in [0.25, 0.3) is 11.1 Å². The number of benzene rings is 3. The Balaban J connectivity index is 1.67. The van der Waals surface area contributed by atoms with Crippen LogP contribution in [0.2, 0.25) is 0 Å². The molecule has 12 heteroatoms. The molecule has 2 amide bonds. The van der Waals surface area contributed by atoms with Gasteiger partial charge in [-0.25, -0.2) is 17.9 Å². The minimum Gasteiger partial charge on any atom is -0.308 e. The fourth-order valence-corrected chi connectivity index (χ4v) is 5.65. The van der Waals surface area contributed by atoms with Crippen LogP contribution >= 0.6 is 0 Å². The fraction of sp³-hybridized carbons (Fsp3) is 0.269. The zero-order chi connectivity index (χ0) is 27.5. The summed E-state index contributed by atoms with van der Waals surface area (Å²) in [5, 5.41) is 5.24. The van der Waals surface area contributed by atoms with E-state index in [2.05, 4.69) is 10.6 Å². The van der Waals surface area contributed by atoms with Gasteiger partial charge in [-0.1, -0.05) is 42.8 Å². The summed E-state index contributed by atoms with van der Waals surface area (Å²) in [4.78, 5) is 13.0. The molecule has 0 bridgehead atoms. The average Bonchev–Trinajstić information content (AvgIpc) is 2.81. The number of alkyl halides is 3. The van der Waals surface area contributed by atoms with Crippen LogP contribution in [-0.4, -0.2) is 37.6 Å². The van der Waals surface area contributed by atoms with Gasteiger partial charge >= 0.3 is 12.2 Å². The van der Waals surface area contributed by atoms with Crippen LogP contribution in [0.1, 0.15) is 30.7 Å². The molecule has 202 valence electrons. The molecule has 3 N–H and O–H groups in total. The second kappa shape index (κ2) is 11.3. The normalized spacial score (nSPS) is 14.9. The van der Waals surface area contributed by atoms with Crippen molar-refractivity contribution in [1.82, 2.24) is 4.72 Å². The number of halogens is 3. The number of sulfonamides is 1. The molecule has 0 spiro atoms. The Morgan fingerprint density at radius 1 is 1.00 bits per heavy atom. The third-order valence-corrected chi connectivity index (χ3v) is 8.53. The SMILES string of the molecule is CS(=O)c1cccc(NC(=O)Nc2cc(S(=O)(=O)NCC(F)(F)F)ccc2-c2cccc(C3CCC3)c2)c1. The Bertz CT molecular complexity index is 1470. The number of anilines is 2. The van der Waals surface area contributed by atoms with Crippen LogP contribution in [-0.2, 0) is 20.8 Å². The van der Waals surface area contributed by atoms with Gasteiger partial charge in [0.25, 0.3) is 0 Å². The van der Waals surface area contributed by atoms with E-state index < -0.39 is 44.5 Å². The molecule has 4 rings (SSSR count). The Kier molecular flexibility index (Phi) is 8.24. The second-order valence-electron chi connectivity index (χ2n) is 8.96. The van der Waals surface area contributed by atoms with E-state index in [9.17, 15) is 30.6 Å². The van der Waals surface area contributed by atoms with Gasteiger partial charge < -0.3 is 10.6 Å². The van der Waals surface area contributed by atoms with E-state index in [-0.39, 0.29) is 5.69 Å². The third kappa shape index (κ3) is 7.00. The topological polar surface area (TPSA) is 104 Å². The van der Waals surface area contributed by atoms with Gasteiger partial charge in [0.2, 0.25) is 10.0 Å². The molecule has 1 fully saturated rings. The van der Waals surface area contributed by atoms with Gasteiger partial charge in [-0.2, -0.15) is 13.2 Å². The van der Waals surface area contributed by atoms with Gasteiger partial charge in [0.15, 0.2) is 0 Å². The summed E-state index contributed by atoms with van der Waals surface area (Å²) in [6, 6.07) is 17.2. The highest BCUT2D eigenvalue weighted by Gasteiger charge is 2.30. The van der Waals surface area contributed by atoms with E-state index in [1.165, 1.54) is 18.4 Å². The zero-order valence-electron chi connectivity index (χ0n) is 20.3. The molecule has 3 aromatic rings. The van der Waals surface area contributed by atoms with Gasteiger partial charge in [-0.3, -0.25) is 4.21 Å². The van der Waals surface area contributed by atoms with Crippen molar-refractivity contribution in [2.45, 2.75) is 41.1 Å². The molecule has 0 saturated heterocycles. The molecule has 0 heterocycles. The molecule has 3 aromatic carbocycles. The fourth-order valence-electron chi connectivity index (χ4n) is 4.04. The van der Waals surface area contributed by atoms with Gasteiger partial charge in [-0.15, -0.1) is 0 Å². The van der Waals surface area contributed by atoms with Gasteiger partial charge in [0.05, 0.1) is 10.6 Å². The highest BCUT2D eigenvalue weighted by Crippen LogP contribution is 2.39. The largest absolute Gasteiger partial charge is 0.402 e. The number of amides is 2. The zero-order valence-corrected chi connectivity index (χ0v) is 22.0. The van der Waals surface area contributed by atoms with Crippen molar-refractivity contribution < 1.29 is 30.6 Å². The lowest BCUT2D eigenvalue weighted by Gasteiger charge is -2.26. The first-order valence-electron chi connectivity index (χ1n) is 11.7. The standard InChI is InChI=1S/C26H26F3N3O4S2/c1-37(34)21-10-4-9-20(14-21)31-25(33)32-24-15-22(38(35,36)30-16-26(27,28)29)11-12-23(24)19-8-3-7-18(13-19)17-5-2-6-17/h3-4,7-15,17,30H,2,5-6,16H2,1H3,(H2,31,32,33). The molecule has 1 aliphatic carbocycles. The molecule has 1 atom stereocenters. The number of hydrogen-bond donors (Lipinski definition) is 3. The van der Waals surface area contributed by atoms with E-state index in [1.54, 1.807) is 29.0 Å². The summed E-state index contributed by atoms with van der Waals surface area (Å²) in [5.74, 6) is 0.428. The number of carbonyl (C=O) groups excluding carboxylic acids is 1. The third-order valence-electron chi connectivity index (χ3n) is 6.21. The maximum atomic E-state index is 12.9. The van der Waals surface area contributed by atoms with Gasteiger partial charge in [0.1, 0.15) is 6.54 Å². The van der Waals surface area contributed by atoms with E-state index >= 15 is 0 Å². The van der Waals surface area contributed by atoms with Crippen LogP contribution in [0.3, 0.4) is 0 Å². The van der Waals surface area contributed by atoms with Crippen LogP contribution in [0.4, 0.5) is 29.3 Å². The predicted molar refractivity (Wildman–Crippen MR) is 141 cm³/mol. The second-order valence-corrected chi connectivity index (χ2v) is 12.1. The monoisotopic (exact) mass is 565 g/mol. The first-order chi connectivity index (χ1) is 17.9. The van der Waals surface area contributed by atoms with Crippen molar-refractivity contribution in [2.75, 3.05) is 23.4 Å². The number of hydrogen-bond acceptors (Lipinski definition) is 4. The maximum absolute atomic E-state index is 12.9. The summed E-state index contributed by atoms with van der Waals surface area (Å²) in [6.45, 7) is -1.72. The predicted octanol–water partition coefficient (Wildman–Crippen LogP) is 5.84. The Morgan fingerprint density at radius 2 is 1.74 bits per heavy atom. The highest BCUT2D eigenvalue weighted by molar-refractivity contribution is 7.89. The quantitative estimate of drug-likeness (QED) is 0.319. The molecule has 1 saturated carbocycles. The molecule has 0 aromatic heterocycles. The summed E-state index contributed by atoms with van der Waals surface area (Å²) in [7, 11) is -5.79. The first-order valence-corrected chi connectivity index (χ1v) is 14.8. The number of urea groups is 1. The molecule has 1 aliphatic rings. The minimum atomic E-state index is -4.73. The van der Waals surface area contributed by atoms with E-state index in [0.717, 1.165) is 36.5 Å². The smallest absolute Gasteiger partial charge is 0.308 e. The van der Waals surface area contributed by atoms with Crippen LogP contribution in [0, 0.1) is 0 Å². The Morgan fingerprint density at radius 3 is 2.39 bits per heavy atom. The summed E-state index contributed by atoms with van der Waals surface area (Å²) >= 11 is 0. The minimum absolute atomic E-state index is 0.0957. The van der Waals surface area contributed by atoms with Crippen molar-refractivity contribution in [2.24, 2.45) is 0 Å². The van der Waals surface area contributed by atoms with Crippen molar-refractivity contribution in [3.63, 3.8) is 0 Å². The van der Waals surface area contributed by atoms with E-state index in [4.69, 9.17) is 0 Å². The maximum Gasteiger partial charge on any atom is 0.402 e. The summed E-state index contributed by atoms with van der Waals surface area (Å²) in [6.07, 6.45) is 0.0576. The summed E-state index contributed by atoms with van der Waals surface area (Å²) < 4.78 is 76.4. The van der Waals surface area contributed by atoms with E-state index in [0.29, 0.717) is 22.1 Å². The molecule has 7 nitrogen and oxygen atoms in total. The molecule has 0 aliphatic heterocycles. The lowest BCUT2D eigenvalue weighted by molar-refractivity contribution is -0.121. The van der Waals surface area contributed by atoms with Crippen LogP contribution in [0.15, 0.2) is 76.5 Å². The first kappa shape index (κ1) is 27.8. The highest BCUT2D eigenvalue weighted by atomic mass is 32.2. The van der Waals surface area contributed by atoms with Gasteiger partial charge in [-0.05, 0) is 60.2 Å². The number of carbonyl (C=O) groups is 1. The van der Waals surface area contributed by atoms with Crippen LogP contribution in [0.5, 0.6) is 0 Å². The average molecular weight is 566 g/mol. The molecule has 1 unspecified atom stereocenters. The van der Waals surface area contributed by atoms with Crippen molar-refractivity contribution >= 4 is 38.2 Å². The lowest BCUT2D eigenvalue weighted by atomic mass is 9.79. The van der Waals surface area contributed by atoms with Crippen molar-refractivity contribution in [3.05, 3.63) is 72.3 Å². The lowest BCUT2D eigenvalue weighted by Crippen LogP contribution is -2.33. The van der Waals surface area contributed by atoms with Crippen LogP contribution < -0.4 is 15.4 Å². The van der Waals surface area contributed by atoms with E-state index in [1.807, 2.05) is 24.3 Å². The molecule has 38 heavy (non-hydrogen) atoms. The molecule has 0 radical (unpaired) electrons. The Labute approximate surface area is 221 Å². The van der Waals surface area contributed by atoms with Crippen molar-refractivity contribution in [3.8, 4) is 11.1 Å².